The van der Waals surface area contributed by atoms with Crippen LogP contribution in [0.1, 0.15) is 0 Å². The van der Waals surface area contributed by atoms with Crippen LogP contribution >= 0.6 is 0 Å². The molecule has 0 aliphatic carbocycles. The quantitative estimate of drug-likeness (QED) is 0.582. The zero-order valence-corrected chi connectivity index (χ0v) is 5.42. The van der Waals surface area contributed by atoms with Gasteiger partial charge < -0.3 is 14.8 Å². The minimum atomic E-state index is -0.542. The Labute approximate surface area is 57.1 Å². The molecule has 0 fully saturated rings. The van der Waals surface area contributed by atoms with E-state index in [4.69, 9.17) is 5.11 Å². The van der Waals surface area contributed by atoms with Crippen molar-refractivity contribution in [2.24, 2.45) is 0 Å². The van der Waals surface area contributed by atoms with E-state index in [0.29, 0.717) is 0 Å². The molecule has 0 aliphatic heterocycles. The maximum Gasteiger partial charge on any atom is 0.294 e. The van der Waals surface area contributed by atoms with Crippen molar-refractivity contribution in [1.29, 1.82) is 0 Å². The Morgan fingerprint density at radius 2 is 2.40 bits per heavy atom. The Morgan fingerprint density at radius 1 is 1.70 bits per heavy atom. The van der Waals surface area contributed by atoms with Crippen LogP contribution in [-0.2, 0) is 0 Å². The molecule has 1 rings (SSSR count). The zero-order chi connectivity index (χ0) is 7.56. The van der Waals surface area contributed by atoms with Gasteiger partial charge in [0.05, 0.1) is 7.11 Å². The zero-order valence-electron chi connectivity index (χ0n) is 5.42. The van der Waals surface area contributed by atoms with Crippen LogP contribution in [0, 0.1) is 0 Å². The molecule has 2 N–H and O–H groups in total. The summed E-state index contributed by atoms with van der Waals surface area (Å²) < 4.78 is 4.66. The molecule has 1 heterocycles. The van der Waals surface area contributed by atoms with Crippen molar-refractivity contribution in [3.8, 4) is 11.5 Å². The van der Waals surface area contributed by atoms with E-state index >= 15 is 0 Å². The Hall–Kier alpha value is -1.45. The summed E-state index contributed by atoms with van der Waals surface area (Å²) in [6, 6.07) is 1.47. The molecular weight excluding hydrogens is 134 g/mol. The third-order valence-electron chi connectivity index (χ3n) is 1.12. The van der Waals surface area contributed by atoms with Crippen LogP contribution in [0.3, 0.4) is 0 Å². The largest absolute Gasteiger partial charge is 0.500 e. The molecule has 0 atom stereocenters. The lowest BCUT2D eigenvalue weighted by Crippen LogP contribution is -2.04. The number of pyridine rings is 1. The number of hydrogen-bond acceptors (Lipinski definition) is 3. The van der Waals surface area contributed by atoms with Crippen LogP contribution in [0.4, 0.5) is 0 Å². The fraction of sp³-hybridized carbons (Fsp3) is 0.167. The molecule has 1 aromatic heterocycles. The molecule has 0 spiro atoms. The lowest BCUT2D eigenvalue weighted by Gasteiger charge is -1.98. The van der Waals surface area contributed by atoms with Crippen LogP contribution in [0.25, 0.3) is 0 Å². The van der Waals surface area contributed by atoms with E-state index in [-0.39, 0.29) is 11.5 Å². The number of aromatic hydroxyl groups is 1. The Morgan fingerprint density at radius 3 is 2.90 bits per heavy atom. The van der Waals surface area contributed by atoms with E-state index in [1.807, 2.05) is 0 Å². The van der Waals surface area contributed by atoms with E-state index in [1.54, 1.807) is 0 Å². The Balaban J connectivity index is 3.28. The van der Waals surface area contributed by atoms with Crippen molar-refractivity contribution in [3.05, 3.63) is 22.6 Å². The second-order valence-electron chi connectivity index (χ2n) is 1.72. The van der Waals surface area contributed by atoms with Gasteiger partial charge in [-0.05, 0) is 0 Å². The van der Waals surface area contributed by atoms with Crippen molar-refractivity contribution in [1.82, 2.24) is 4.98 Å². The van der Waals surface area contributed by atoms with Gasteiger partial charge in [0.2, 0.25) is 5.75 Å². The lowest BCUT2D eigenvalue weighted by atomic mass is 10.4. The molecule has 0 saturated carbocycles. The maximum absolute atomic E-state index is 10.6. The van der Waals surface area contributed by atoms with Gasteiger partial charge in [-0.15, -0.1) is 0 Å². The number of aromatic amines is 1. The lowest BCUT2D eigenvalue weighted by molar-refractivity contribution is 0.369. The molecule has 0 bridgehead atoms. The smallest absolute Gasteiger partial charge is 0.294 e. The summed E-state index contributed by atoms with van der Waals surface area (Å²) in [5.41, 5.74) is -0.542. The number of methoxy groups -OCH3 is 1. The first-order valence-electron chi connectivity index (χ1n) is 2.70. The predicted molar refractivity (Wildman–Crippen MR) is 35.3 cm³/mol. The molecule has 0 saturated heterocycles. The Bertz CT molecular complexity index is 279. The number of H-pyrrole nitrogens is 1. The van der Waals surface area contributed by atoms with Gasteiger partial charge in [0.15, 0.2) is 5.75 Å². The van der Waals surface area contributed by atoms with Crippen molar-refractivity contribution in [2.75, 3.05) is 7.11 Å². The molecule has 0 unspecified atom stereocenters. The van der Waals surface area contributed by atoms with Gasteiger partial charge in [0.1, 0.15) is 0 Å². The van der Waals surface area contributed by atoms with Gasteiger partial charge in [0.25, 0.3) is 5.56 Å². The summed E-state index contributed by atoms with van der Waals surface area (Å²) in [7, 11) is 1.38. The van der Waals surface area contributed by atoms with E-state index in [9.17, 15) is 4.79 Å². The topological polar surface area (TPSA) is 62.3 Å². The molecule has 4 nitrogen and oxygen atoms in total. The first-order valence-corrected chi connectivity index (χ1v) is 2.70. The van der Waals surface area contributed by atoms with Crippen LogP contribution < -0.4 is 10.3 Å². The normalized spacial score (nSPS) is 9.30. The fourth-order valence-corrected chi connectivity index (χ4v) is 0.617. The number of aromatic nitrogens is 1. The fourth-order valence-electron chi connectivity index (χ4n) is 0.617. The molecule has 54 valence electrons. The second kappa shape index (κ2) is 2.43. The van der Waals surface area contributed by atoms with E-state index < -0.39 is 5.56 Å². The second-order valence-corrected chi connectivity index (χ2v) is 1.72. The van der Waals surface area contributed by atoms with E-state index in [1.165, 1.54) is 19.4 Å². The molecule has 10 heavy (non-hydrogen) atoms. The van der Waals surface area contributed by atoms with E-state index in [2.05, 4.69) is 9.72 Å². The number of rotatable bonds is 1. The average Bonchev–Trinajstić information content (AvgIpc) is 1.95. The monoisotopic (exact) mass is 141 g/mol. The Kier molecular flexibility index (Phi) is 1.62. The highest BCUT2D eigenvalue weighted by Gasteiger charge is 2.02. The average molecular weight is 141 g/mol. The summed E-state index contributed by atoms with van der Waals surface area (Å²) in [5, 5.41) is 8.93. The maximum atomic E-state index is 10.6. The minimum Gasteiger partial charge on any atom is -0.500 e. The first-order chi connectivity index (χ1) is 4.75. The number of ether oxygens (including phenoxy) is 1. The summed E-state index contributed by atoms with van der Waals surface area (Å²) in [4.78, 5) is 12.9. The molecule has 0 aliphatic rings. The van der Waals surface area contributed by atoms with Gasteiger partial charge in [-0.2, -0.15) is 0 Å². The molecule has 1 aromatic rings. The predicted octanol–water partition coefficient (Wildman–Crippen LogP) is 0.0891. The van der Waals surface area contributed by atoms with Gasteiger partial charge in [-0.3, -0.25) is 4.79 Å². The van der Waals surface area contributed by atoms with Gasteiger partial charge in [-0.25, -0.2) is 0 Å². The van der Waals surface area contributed by atoms with Crippen LogP contribution in [0.2, 0.25) is 0 Å². The van der Waals surface area contributed by atoms with Gasteiger partial charge in [0, 0.05) is 12.3 Å². The molecular formula is C6H7NO3. The van der Waals surface area contributed by atoms with Crippen molar-refractivity contribution < 1.29 is 9.84 Å². The van der Waals surface area contributed by atoms with Crippen LogP contribution in [0.15, 0.2) is 17.1 Å². The molecule has 0 radical (unpaired) electrons. The highest BCUT2D eigenvalue weighted by atomic mass is 16.5. The number of nitrogens with one attached hydrogen (secondary N) is 1. The van der Waals surface area contributed by atoms with Crippen molar-refractivity contribution in [2.45, 2.75) is 0 Å². The standard InChI is InChI=1S/C6H7NO3/c1-10-4-2-3-7-6(9)5(4)8/h2-3,8H,1H3,(H,7,9). The molecule has 0 aromatic carbocycles. The van der Waals surface area contributed by atoms with Crippen LogP contribution in [0.5, 0.6) is 11.5 Å². The summed E-state index contributed by atoms with van der Waals surface area (Å²) in [5.74, 6) is -0.200. The van der Waals surface area contributed by atoms with E-state index in [0.717, 1.165) is 0 Å². The van der Waals surface area contributed by atoms with Gasteiger partial charge in [-0.1, -0.05) is 0 Å². The SMILES string of the molecule is COc1cc[nH]c(=O)c1O. The van der Waals surface area contributed by atoms with Gasteiger partial charge >= 0.3 is 0 Å². The summed E-state index contributed by atoms with van der Waals surface area (Å²) in [6.07, 6.45) is 1.40. The summed E-state index contributed by atoms with van der Waals surface area (Å²) >= 11 is 0. The van der Waals surface area contributed by atoms with Crippen LogP contribution in [-0.4, -0.2) is 17.2 Å². The number of hydrogen-bond donors (Lipinski definition) is 2. The third kappa shape index (κ3) is 0.953. The molecule has 4 heteroatoms. The minimum absolute atomic E-state index is 0.184. The first kappa shape index (κ1) is 6.67. The third-order valence-corrected chi connectivity index (χ3v) is 1.12. The highest BCUT2D eigenvalue weighted by Crippen LogP contribution is 2.17. The van der Waals surface area contributed by atoms with Crippen molar-refractivity contribution in [3.63, 3.8) is 0 Å². The molecule has 0 amide bonds. The van der Waals surface area contributed by atoms with Crippen molar-refractivity contribution >= 4 is 0 Å². The summed E-state index contributed by atoms with van der Waals surface area (Å²) in [6.45, 7) is 0. The highest BCUT2D eigenvalue weighted by molar-refractivity contribution is 5.34.